The van der Waals surface area contributed by atoms with E-state index in [2.05, 4.69) is 0 Å². The molecule has 0 saturated heterocycles. The Hall–Kier alpha value is -1.39. The lowest BCUT2D eigenvalue weighted by atomic mass is 10.2. The number of aromatic carboxylic acids is 1. The first-order valence-electron chi connectivity index (χ1n) is 4.99. The van der Waals surface area contributed by atoms with Crippen molar-refractivity contribution in [1.82, 2.24) is 0 Å². The number of carboxylic acid groups (broad SMARTS) is 1. The van der Waals surface area contributed by atoms with Crippen LogP contribution in [0.15, 0.2) is 64.4 Å². The van der Waals surface area contributed by atoms with Gasteiger partial charge in [-0.25, -0.2) is 4.79 Å². The van der Waals surface area contributed by atoms with E-state index in [4.69, 9.17) is 5.11 Å². The van der Waals surface area contributed by atoms with E-state index in [1.165, 1.54) is 10.8 Å². The SMILES string of the molecule is O=C(O)c1ccccc1SSc1ccccc1. The van der Waals surface area contributed by atoms with Gasteiger partial charge in [-0.2, -0.15) is 0 Å². The van der Waals surface area contributed by atoms with E-state index in [1.807, 2.05) is 42.5 Å². The number of hydrogen-bond donors (Lipinski definition) is 1. The van der Waals surface area contributed by atoms with Gasteiger partial charge in [-0.05, 0) is 24.3 Å². The van der Waals surface area contributed by atoms with Crippen molar-refractivity contribution in [1.29, 1.82) is 0 Å². The number of rotatable bonds is 4. The molecule has 0 aromatic heterocycles. The minimum Gasteiger partial charge on any atom is -0.478 e. The smallest absolute Gasteiger partial charge is 0.336 e. The van der Waals surface area contributed by atoms with E-state index >= 15 is 0 Å². The van der Waals surface area contributed by atoms with Crippen LogP contribution >= 0.6 is 21.6 Å². The molecule has 2 rings (SSSR count). The van der Waals surface area contributed by atoms with Crippen LogP contribution in [0.2, 0.25) is 0 Å². The Labute approximate surface area is 107 Å². The van der Waals surface area contributed by atoms with Crippen molar-refractivity contribution in [2.75, 3.05) is 0 Å². The van der Waals surface area contributed by atoms with Crippen molar-refractivity contribution < 1.29 is 9.90 Å². The van der Waals surface area contributed by atoms with Crippen molar-refractivity contribution in [2.24, 2.45) is 0 Å². The molecule has 0 spiro atoms. The van der Waals surface area contributed by atoms with Gasteiger partial charge in [-0.3, -0.25) is 0 Å². The first-order chi connectivity index (χ1) is 8.27. The molecule has 0 aliphatic rings. The molecular formula is C13H10O2S2. The first kappa shape index (κ1) is 12.1. The van der Waals surface area contributed by atoms with E-state index in [9.17, 15) is 4.79 Å². The Balaban J connectivity index is 2.12. The number of benzene rings is 2. The average molecular weight is 262 g/mol. The molecule has 0 amide bonds. The molecule has 17 heavy (non-hydrogen) atoms. The van der Waals surface area contributed by atoms with Crippen LogP contribution in [-0.4, -0.2) is 11.1 Å². The molecule has 2 aromatic carbocycles. The topological polar surface area (TPSA) is 37.3 Å². The van der Waals surface area contributed by atoms with Crippen LogP contribution < -0.4 is 0 Å². The molecule has 0 bridgehead atoms. The minimum atomic E-state index is -0.887. The summed E-state index contributed by atoms with van der Waals surface area (Å²) in [6.45, 7) is 0. The standard InChI is InChI=1S/C13H10O2S2/c14-13(15)11-8-4-5-9-12(11)17-16-10-6-2-1-3-7-10/h1-9H,(H,14,15). The third-order valence-electron chi connectivity index (χ3n) is 2.09. The maximum Gasteiger partial charge on any atom is 0.336 e. The predicted molar refractivity (Wildman–Crippen MR) is 71.6 cm³/mol. The molecule has 0 atom stereocenters. The van der Waals surface area contributed by atoms with E-state index in [1.54, 1.807) is 22.9 Å². The number of hydrogen-bond acceptors (Lipinski definition) is 3. The third-order valence-corrected chi connectivity index (χ3v) is 4.54. The Morgan fingerprint density at radius 1 is 0.882 bits per heavy atom. The van der Waals surface area contributed by atoms with E-state index in [0.29, 0.717) is 5.56 Å². The van der Waals surface area contributed by atoms with Crippen molar-refractivity contribution in [2.45, 2.75) is 9.79 Å². The zero-order chi connectivity index (χ0) is 12.1. The molecule has 0 aliphatic heterocycles. The summed E-state index contributed by atoms with van der Waals surface area (Å²) in [6, 6.07) is 16.9. The second-order valence-electron chi connectivity index (χ2n) is 3.28. The minimum absolute atomic E-state index is 0.348. The molecule has 2 nitrogen and oxygen atoms in total. The average Bonchev–Trinajstić information content (AvgIpc) is 2.38. The normalized spacial score (nSPS) is 10.1. The molecule has 0 aliphatic carbocycles. The molecule has 0 radical (unpaired) electrons. The van der Waals surface area contributed by atoms with Crippen LogP contribution in [0.25, 0.3) is 0 Å². The van der Waals surface area contributed by atoms with Crippen LogP contribution in [0.5, 0.6) is 0 Å². The van der Waals surface area contributed by atoms with Crippen molar-refractivity contribution in [3.8, 4) is 0 Å². The quantitative estimate of drug-likeness (QED) is 0.838. The van der Waals surface area contributed by atoms with E-state index < -0.39 is 5.97 Å². The Morgan fingerprint density at radius 2 is 1.53 bits per heavy atom. The van der Waals surface area contributed by atoms with E-state index in [0.717, 1.165) is 9.79 Å². The van der Waals surface area contributed by atoms with Gasteiger partial charge in [-0.15, -0.1) is 0 Å². The molecule has 0 heterocycles. The highest BCUT2D eigenvalue weighted by molar-refractivity contribution is 8.76. The fourth-order valence-corrected chi connectivity index (χ4v) is 3.45. The van der Waals surface area contributed by atoms with Crippen LogP contribution in [0.4, 0.5) is 0 Å². The van der Waals surface area contributed by atoms with Gasteiger partial charge in [0, 0.05) is 9.79 Å². The van der Waals surface area contributed by atoms with Gasteiger partial charge in [-0.1, -0.05) is 51.9 Å². The summed E-state index contributed by atoms with van der Waals surface area (Å²) >= 11 is 0. The van der Waals surface area contributed by atoms with Gasteiger partial charge in [0.25, 0.3) is 0 Å². The maximum atomic E-state index is 11.0. The summed E-state index contributed by atoms with van der Waals surface area (Å²) in [5, 5.41) is 9.04. The highest BCUT2D eigenvalue weighted by atomic mass is 33.1. The summed E-state index contributed by atoms with van der Waals surface area (Å²) in [7, 11) is 3.02. The van der Waals surface area contributed by atoms with Crippen LogP contribution in [0.3, 0.4) is 0 Å². The molecule has 1 N–H and O–H groups in total. The van der Waals surface area contributed by atoms with Crippen LogP contribution in [0.1, 0.15) is 10.4 Å². The summed E-state index contributed by atoms with van der Waals surface area (Å²) < 4.78 is 0. The highest BCUT2D eigenvalue weighted by Crippen LogP contribution is 2.38. The molecule has 0 unspecified atom stereocenters. The number of carboxylic acids is 1. The predicted octanol–water partition coefficient (Wildman–Crippen LogP) is 4.18. The Morgan fingerprint density at radius 3 is 2.24 bits per heavy atom. The lowest BCUT2D eigenvalue weighted by molar-refractivity contribution is 0.0693. The van der Waals surface area contributed by atoms with Gasteiger partial charge >= 0.3 is 5.97 Å². The van der Waals surface area contributed by atoms with Gasteiger partial charge in [0.1, 0.15) is 0 Å². The zero-order valence-electron chi connectivity index (χ0n) is 8.87. The molecule has 4 heteroatoms. The fourth-order valence-electron chi connectivity index (χ4n) is 1.29. The monoisotopic (exact) mass is 262 g/mol. The maximum absolute atomic E-state index is 11.0. The molecule has 86 valence electrons. The highest BCUT2D eigenvalue weighted by Gasteiger charge is 2.09. The van der Waals surface area contributed by atoms with Crippen molar-refractivity contribution in [3.05, 3.63) is 60.2 Å². The summed E-state index contributed by atoms with van der Waals surface area (Å²) in [5.74, 6) is -0.887. The fraction of sp³-hybridized carbons (Fsp3) is 0. The molecule has 0 saturated carbocycles. The largest absolute Gasteiger partial charge is 0.478 e. The Kier molecular flexibility index (Phi) is 4.12. The van der Waals surface area contributed by atoms with E-state index in [-0.39, 0.29) is 0 Å². The second-order valence-corrected chi connectivity index (χ2v) is 5.53. The van der Waals surface area contributed by atoms with Crippen LogP contribution in [-0.2, 0) is 0 Å². The first-order valence-corrected chi connectivity index (χ1v) is 7.14. The van der Waals surface area contributed by atoms with Gasteiger partial charge in [0.2, 0.25) is 0 Å². The third kappa shape index (κ3) is 3.28. The second kappa shape index (κ2) is 5.80. The molecule has 0 fully saturated rings. The molecule has 2 aromatic rings. The Bertz CT molecular complexity index is 512. The summed E-state index contributed by atoms with van der Waals surface area (Å²) in [6.07, 6.45) is 0. The summed E-state index contributed by atoms with van der Waals surface area (Å²) in [5.41, 5.74) is 0.348. The van der Waals surface area contributed by atoms with Gasteiger partial charge < -0.3 is 5.11 Å². The molecular weight excluding hydrogens is 252 g/mol. The van der Waals surface area contributed by atoms with Crippen molar-refractivity contribution >= 4 is 27.6 Å². The zero-order valence-corrected chi connectivity index (χ0v) is 10.5. The van der Waals surface area contributed by atoms with Crippen molar-refractivity contribution in [3.63, 3.8) is 0 Å². The van der Waals surface area contributed by atoms with Crippen LogP contribution in [0, 0.1) is 0 Å². The summed E-state index contributed by atoms with van der Waals surface area (Å²) in [4.78, 5) is 12.9. The number of carbonyl (C=O) groups is 1. The van der Waals surface area contributed by atoms with Gasteiger partial charge in [0.15, 0.2) is 0 Å². The lowest BCUT2D eigenvalue weighted by Gasteiger charge is -2.04. The lowest BCUT2D eigenvalue weighted by Crippen LogP contribution is -1.97. The van der Waals surface area contributed by atoms with Gasteiger partial charge in [0.05, 0.1) is 5.56 Å².